The minimum Gasteiger partial charge on any atom is -0.345 e. The number of nitrogens with zero attached hydrogens (tertiary/aromatic N) is 1. The molecule has 86 valence electrons. The molecule has 0 aromatic heterocycles. The van der Waals surface area contributed by atoms with Crippen molar-refractivity contribution in [1.29, 1.82) is 0 Å². The van der Waals surface area contributed by atoms with Crippen molar-refractivity contribution in [3.63, 3.8) is 0 Å². The van der Waals surface area contributed by atoms with Gasteiger partial charge < -0.3 is 10.2 Å². The van der Waals surface area contributed by atoms with Gasteiger partial charge in [-0.15, -0.1) is 6.58 Å². The second-order valence-corrected chi connectivity index (χ2v) is 4.23. The van der Waals surface area contributed by atoms with Crippen LogP contribution in [0.15, 0.2) is 12.7 Å². The second-order valence-electron chi connectivity index (χ2n) is 4.23. The fraction of sp³-hybridized carbons (Fsp3) is 0.750. The average Bonchev–Trinajstić information content (AvgIpc) is 2.29. The molecule has 3 nitrogen and oxygen atoms in total. The predicted molar refractivity (Wildman–Crippen MR) is 62.7 cm³/mol. The van der Waals surface area contributed by atoms with E-state index < -0.39 is 0 Å². The van der Waals surface area contributed by atoms with E-state index in [0.29, 0.717) is 5.91 Å². The van der Waals surface area contributed by atoms with Gasteiger partial charge in [0, 0.05) is 20.1 Å². The van der Waals surface area contributed by atoms with Gasteiger partial charge in [-0.2, -0.15) is 0 Å². The van der Waals surface area contributed by atoms with Gasteiger partial charge in [0.15, 0.2) is 0 Å². The lowest BCUT2D eigenvalue weighted by Gasteiger charge is -2.26. The Kier molecular flexibility index (Phi) is 5.40. The molecule has 1 rings (SSSR count). The minimum absolute atomic E-state index is 0.201. The van der Waals surface area contributed by atoms with E-state index in [4.69, 9.17) is 0 Å². The van der Waals surface area contributed by atoms with Gasteiger partial charge in [-0.05, 0) is 32.2 Å². The molecule has 1 amide bonds. The van der Waals surface area contributed by atoms with E-state index in [2.05, 4.69) is 11.9 Å². The molecule has 0 aromatic carbocycles. The van der Waals surface area contributed by atoms with E-state index in [1.807, 2.05) is 18.0 Å². The summed E-state index contributed by atoms with van der Waals surface area (Å²) in [6.07, 6.45) is 6.07. The second kappa shape index (κ2) is 6.62. The number of unbranched alkanes of at least 4 members (excludes halogenated alkanes) is 1. The van der Waals surface area contributed by atoms with Crippen LogP contribution in [-0.4, -0.2) is 37.5 Å². The van der Waals surface area contributed by atoms with E-state index >= 15 is 0 Å². The first-order valence-electron chi connectivity index (χ1n) is 5.82. The first kappa shape index (κ1) is 12.2. The summed E-state index contributed by atoms with van der Waals surface area (Å²) < 4.78 is 0. The highest BCUT2D eigenvalue weighted by atomic mass is 16.2. The molecule has 1 aliphatic rings. The molecule has 1 fully saturated rings. The molecular weight excluding hydrogens is 188 g/mol. The van der Waals surface area contributed by atoms with Crippen molar-refractivity contribution in [3.8, 4) is 0 Å². The third kappa shape index (κ3) is 4.04. The summed E-state index contributed by atoms with van der Waals surface area (Å²) >= 11 is 0. The van der Waals surface area contributed by atoms with Gasteiger partial charge in [0.2, 0.25) is 5.91 Å². The third-order valence-corrected chi connectivity index (χ3v) is 2.92. The van der Waals surface area contributed by atoms with E-state index in [9.17, 15) is 4.79 Å². The average molecular weight is 210 g/mol. The van der Waals surface area contributed by atoms with Crippen LogP contribution in [0.3, 0.4) is 0 Å². The molecule has 1 saturated heterocycles. The highest BCUT2D eigenvalue weighted by Crippen LogP contribution is 2.12. The number of allylic oxidation sites excluding steroid dienone is 1. The maximum Gasteiger partial charge on any atom is 0.226 e. The zero-order valence-corrected chi connectivity index (χ0v) is 9.67. The van der Waals surface area contributed by atoms with Gasteiger partial charge in [-0.3, -0.25) is 4.79 Å². The minimum atomic E-state index is 0.201. The standard InChI is InChI=1S/C12H22N2O/c1-3-4-5-9-14(2)12(15)11-7-6-8-13-10-11/h3,11,13H,1,4-10H2,2H3. The Morgan fingerprint density at radius 2 is 2.47 bits per heavy atom. The number of nitrogens with one attached hydrogen (secondary N) is 1. The summed E-state index contributed by atoms with van der Waals surface area (Å²) in [5.41, 5.74) is 0. The van der Waals surface area contributed by atoms with Crippen LogP contribution in [0.4, 0.5) is 0 Å². The summed E-state index contributed by atoms with van der Waals surface area (Å²) in [5, 5.41) is 3.27. The number of piperidine rings is 1. The lowest BCUT2D eigenvalue weighted by Crippen LogP contribution is -2.41. The number of hydrogen-bond acceptors (Lipinski definition) is 2. The number of hydrogen-bond donors (Lipinski definition) is 1. The van der Waals surface area contributed by atoms with Crippen molar-refractivity contribution in [2.75, 3.05) is 26.7 Å². The van der Waals surface area contributed by atoms with Crippen LogP contribution in [0.5, 0.6) is 0 Å². The highest BCUT2D eigenvalue weighted by Gasteiger charge is 2.23. The van der Waals surface area contributed by atoms with Crippen molar-refractivity contribution in [1.82, 2.24) is 10.2 Å². The van der Waals surface area contributed by atoms with Gasteiger partial charge >= 0.3 is 0 Å². The molecule has 0 radical (unpaired) electrons. The molecule has 0 saturated carbocycles. The predicted octanol–water partition coefficient (Wildman–Crippen LogP) is 1.41. The Labute approximate surface area is 92.5 Å². The first-order valence-corrected chi connectivity index (χ1v) is 5.82. The van der Waals surface area contributed by atoms with E-state index in [-0.39, 0.29) is 5.92 Å². The Morgan fingerprint density at radius 1 is 1.67 bits per heavy atom. The van der Waals surface area contributed by atoms with Crippen LogP contribution in [0.25, 0.3) is 0 Å². The molecule has 1 unspecified atom stereocenters. The molecule has 0 bridgehead atoms. The van der Waals surface area contributed by atoms with Gasteiger partial charge in [-0.25, -0.2) is 0 Å². The van der Waals surface area contributed by atoms with Gasteiger partial charge in [0.1, 0.15) is 0 Å². The van der Waals surface area contributed by atoms with Gasteiger partial charge in [0.25, 0.3) is 0 Å². The number of amides is 1. The Bertz CT molecular complexity index is 210. The lowest BCUT2D eigenvalue weighted by molar-refractivity contribution is -0.134. The van der Waals surface area contributed by atoms with E-state index in [0.717, 1.165) is 45.3 Å². The van der Waals surface area contributed by atoms with Crippen LogP contribution in [0, 0.1) is 5.92 Å². The topological polar surface area (TPSA) is 32.3 Å². The number of carbonyl (C=O) groups excluding carboxylic acids is 1. The SMILES string of the molecule is C=CCCCN(C)C(=O)C1CCCNC1. The van der Waals surface area contributed by atoms with Crippen molar-refractivity contribution in [2.24, 2.45) is 5.92 Å². The first-order chi connectivity index (χ1) is 7.25. The summed E-state index contributed by atoms with van der Waals surface area (Å²) in [6, 6.07) is 0. The van der Waals surface area contributed by atoms with Crippen LogP contribution in [0.1, 0.15) is 25.7 Å². The molecule has 1 heterocycles. The largest absolute Gasteiger partial charge is 0.345 e. The van der Waals surface area contributed by atoms with Gasteiger partial charge in [0.05, 0.1) is 5.92 Å². The summed E-state index contributed by atoms with van der Waals surface area (Å²) in [4.78, 5) is 13.8. The summed E-state index contributed by atoms with van der Waals surface area (Å²) in [7, 11) is 1.90. The molecule has 0 spiro atoms. The van der Waals surface area contributed by atoms with Crippen molar-refractivity contribution >= 4 is 5.91 Å². The Hall–Kier alpha value is -0.830. The zero-order chi connectivity index (χ0) is 11.1. The maximum absolute atomic E-state index is 12.0. The van der Waals surface area contributed by atoms with Crippen molar-refractivity contribution < 1.29 is 4.79 Å². The van der Waals surface area contributed by atoms with E-state index in [1.165, 1.54) is 0 Å². The smallest absolute Gasteiger partial charge is 0.226 e. The van der Waals surface area contributed by atoms with E-state index in [1.54, 1.807) is 0 Å². The molecule has 1 N–H and O–H groups in total. The molecular formula is C12H22N2O. The molecule has 0 aliphatic carbocycles. The quantitative estimate of drug-likeness (QED) is 0.549. The summed E-state index contributed by atoms with van der Waals surface area (Å²) in [6.45, 7) is 6.44. The van der Waals surface area contributed by atoms with Gasteiger partial charge in [-0.1, -0.05) is 6.08 Å². The monoisotopic (exact) mass is 210 g/mol. The fourth-order valence-corrected chi connectivity index (χ4v) is 1.96. The normalized spacial score (nSPS) is 21.0. The molecule has 1 aliphatic heterocycles. The molecule has 3 heteroatoms. The van der Waals surface area contributed by atoms with Crippen LogP contribution in [0.2, 0.25) is 0 Å². The van der Waals surface area contributed by atoms with Crippen LogP contribution < -0.4 is 5.32 Å². The van der Waals surface area contributed by atoms with Crippen molar-refractivity contribution in [2.45, 2.75) is 25.7 Å². The molecule has 15 heavy (non-hydrogen) atoms. The fourth-order valence-electron chi connectivity index (χ4n) is 1.96. The zero-order valence-electron chi connectivity index (χ0n) is 9.67. The third-order valence-electron chi connectivity index (χ3n) is 2.92. The molecule has 0 aromatic rings. The van der Waals surface area contributed by atoms with Crippen LogP contribution >= 0.6 is 0 Å². The Balaban J connectivity index is 2.27. The van der Waals surface area contributed by atoms with Crippen molar-refractivity contribution in [3.05, 3.63) is 12.7 Å². The lowest BCUT2D eigenvalue weighted by atomic mass is 9.98. The molecule has 1 atom stereocenters. The maximum atomic E-state index is 12.0. The Morgan fingerprint density at radius 3 is 3.07 bits per heavy atom. The summed E-state index contributed by atoms with van der Waals surface area (Å²) in [5.74, 6) is 0.499. The van der Waals surface area contributed by atoms with Crippen LogP contribution in [-0.2, 0) is 4.79 Å². The number of rotatable bonds is 5. The highest BCUT2D eigenvalue weighted by molar-refractivity contribution is 5.78. The number of carbonyl (C=O) groups is 1.